The normalized spacial score (nSPS) is 15.5. The van der Waals surface area contributed by atoms with E-state index in [1.54, 1.807) is 0 Å². The molecular weight excluding hydrogens is 887 g/mol. The fourth-order valence-electron chi connectivity index (χ4n) is 8.90. The fraction of sp³-hybridized carbons (Fsp3) is 0.250. The van der Waals surface area contributed by atoms with Gasteiger partial charge in [0.2, 0.25) is 11.8 Å². The van der Waals surface area contributed by atoms with Gasteiger partial charge in [-0.05, 0) is 72.5 Å². The molecule has 0 saturated carbocycles. The number of carbonyl (C=O) groups is 3. The van der Waals surface area contributed by atoms with Gasteiger partial charge in [-0.2, -0.15) is 15.3 Å². The highest BCUT2D eigenvalue weighted by Gasteiger charge is 2.46. The number of carbonyl (C=O) groups excluding carboxylic acids is 3. The number of amides is 3. The van der Waals surface area contributed by atoms with Crippen LogP contribution in [0.25, 0.3) is 33.3 Å². The standard InChI is InChI=1S/C48H44BrN13O3/c1-29-3-5-30(6-4-29)17-52-47(65)48(2)26-59(27-48)44-41-14-34(32-9-12-39-33(13-32)18-51-46(39)64)24-62(41)57-42(56-44)25-60-22-36(19-54-60)35-15-40-43(53-28-55-61(40)23-35)58-20-37(21-58)45(63)50-16-31-7-10-38(49)11-8-31/h3-15,19,22-24,28,37H,16-18,20-21,25-27H2,1-2H3,(H,50,63)(H,51,64)(H,52,65). The van der Waals surface area contributed by atoms with Gasteiger partial charge >= 0.3 is 0 Å². The van der Waals surface area contributed by atoms with Gasteiger partial charge < -0.3 is 25.8 Å². The molecule has 0 atom stereocenters. The Bertz CT molecular complexity index is 3160. The number of aromatic nitrogens is 8. The largest absolute Gasteiger partial charge is 0.353 e. The second-order valence-corrected chi connectivity index (χ2v) is 18.5. The predicted octanol–water partition coefficient (Wildman–Crippen LogP) is 5.56. The van der Waals surface area contributed by atoms with Crippen LogP contribution in [0, 0.1) is 18.3 Å². The van der Waals surface area contributed by atoms with Crippen LogP contribution in [-0.2, 0) is 35.8 Å². The fourth-order valence-corrected chi connectivity index (χ4v) is 9.17. The third kappa shape index (κ3) is 7.75. The first-order valence-electron chi connectivity index (χ1n) is 21.5. The third-order valence-electron chi connectivity index (χ3n) is 12.7. The molecule has 0 spiro atoms. The van der Waals surface area contributed by atoms with Crippen LogP contribution in [-0.4, -0.2) is 82.9 Å². The van der Waals surface area contributed by atoms with Crippen molar-refractivity contribution in [2.45, 2.75) is 40.0 Å². The van der Waals surface area contributed by atoms with Crippen molar-refractivity contribution in [3.05, 3.63) is 148 Å². The summed E-state index contributed by atoms with van der Waals surface area (Å²) in [4.78, 5) is 52.8. The average molecular weight is 931 g/mol. The summed E-state index contributed by atoms with van der Waals surface area (Å²) in [6.45, 7) is 7.89. The Kier molecular flexibility index (Phi) is 9.93. The minimum atomic E-state index is -0.601. The molecule has 3 amide bonds. The Balaban J connectivity index is 0.816. The highest BCUT2D eigenvalue weighted by Crippen LogP contribution is 2.38. The summed E-state index contributed by atoms with van der Waals surface area (Å²) in [7, 11) is 0. The summed E-state index contributed by atoms with van der Waals surface area (Å²) in [5.41, 5.74) is 9.70. The number of rotatable bonds is 12. The molecule has 3 N–H and O–H groups in total. The van der Waals surface area contributed by atoms with Gasteiger partial charge in [-0.3, -0.25) is 19.1 Å². The van der Waals surface area contributed by atoms with Gasteiger partial charge in [0.05, 0.1) is 17.5 Å². The summed E-state index contributed by atoms with van der Waals surface area (Å²) in [6.07, 6.45) is 9.25. The van der Waals surface area contributed by atoms with Crippen molar-refractivity contribution >= 4 is 56.3 Å². The molecule has 16 nitrogen and oxygen atoms in total. The van der Waals surface area contributed by atoms with Crippen LogP contribution in [0.4, 0.5) is 11.6 Å². The van der Waals surface area contributed by atoms with Gasteiger partial charge in [0.15, 0.2) is 17.5 Å². The van der Waals surface area contributed by atoms with Gasteiger partial charge in [0.1, 0.15) is 23.9 Å². The maximum Gasteiger partial charge on any atom is 0.251 e. The van der Waals surface area contributed by atoms with Crippen LogP contribution in [0.15, 0.2) is 114 Å². The summed E-state index contributed by atoms with van der Waals surface area (Å²) in [5.74, 6) is 1.90. The summed E-state index contributed by atoms with van der Waals surface area (Å²) < 4.78 is 6.48. The van der Waals surface area contributed by atoms with Gasteiger partial charge in [0, 0.05) is 91.1 Å². The molecule has 3 aromatic carbocycles. The van der Waals surface area contributed by atoms with E-state index in [2.05, 4.69) is 70.0 Å². The van der Waals surface area contributed by atoms with E-state index >= 15 is 0 Å². The SMILES string of the molecule is Cc1ccc(CNC(=O)C2(C)CN(c3nc(Cn4cc(-c5cc6c(N7CC(C(=O)NCc8ccc(Br)cc8)C7)ncnn6c5)cn4)nn4cc(-c5ccc6c(c5)CNC6=O)cc34)C2)cc1. The van der Waals surface area contributed by atoms with Crippen molar-refractivity contribution in [3.63, 3.8) is 0 Å². The first-order chi connectivity index (χ1) is 31.5. The molecule has 2 fully saturated rings. The molecule has 3 aliphatic rings. The third-order valence-corrected chi connectivity index (χ3v) is 13.2. The van der Waals surface area contributed by atoms with Crippen molar-refractivity contribution in [1.82, 2.24) is 54.9 Å². The molecule has 65 heavy (non-hydrogen) atoms. The molecule has 17 heteroatoms. The number of nitrogens with one attached hydrogen (secondary N) is 3. The van der Waals surface area contributed by atoms with Crippen LogP contribution in [0.2, 0.25) is 0 Å². The van der Waals surface area contributed by atoms with Crippen molar-refractivity contribution in [2.75, 3.05) is 36.0 Å². The Morgan fingerprint density at radius 1 is 0.800 bits per heavy atom. The van der Waals surface area contributed by atoms with Gasteiger partial charge in [-0.25, -0.2) is 19.0 Å². The summed E-state index contributed by atoms with van der Waals surface area (Å²) in [6, 6.07) is 26.1. The quantitative estimate of drug-likeness (QED) is 0.141. The molecule has 3 aliphatic heterocycles. The van der Waals surface area contributed by atoms with Crippen molar-refractivity contribution in [3.8, 4) is 22.3 Å². The zero-order valence-corrected chi connectivity index (χ0v) is 37.3. The van der Waals surface area contributed by atoms with Crippen LogP contribution in [0.5, 0.6) is 0 Å². The number of nitrogens with zero attached hydrogens (tertiary/aromatic N) is 10. The van der Waals surface area contributed by atoms with E-state index in [0.29, 0.717) is 63.7 Å². The van der Waals surface area contributed by atoms with E-state index in [-0.39, 0.29) is 23.6 Å². The topological polar surface area (TPSA) is 172 Å². The number of fused-ring (bicyclic) bond motifs is 3. The monoisotopic (exact) mass is 929 g/mol. The first kappa shape index (κ1) is 40.4. The Hall–Kier alpha value is -7.40. The molecule has 0 radical (unpaired) electrons. The van der Waals surface area contributed by atoms with E-state index < -0.39 is 5.41 Å². The number of hydrogen-bond donors (Lipinski definition) is 3. The Morgan fingerprint density at radius 3 is 2.29 bits per heavy atom. The van der Waals surface area contributed by atoms with Gasteiger partial charge in [-0.15, -0.1) is 0 Å². The lowest BCUT2D eigenvalue weighted by atomic mass is 9.81. The van der Waals surface area contributed by atoms with Gasteiger partial charge in [0.25, 0.3) is 5.91 Å². The molecule has 0 bridgehead atoms. The zero-order valence-electron chi connectivity index (χ0n) is 35.7. The Labute approximate surface area is 381 Å². The summed E-state index contributed by atoms with van der Waals surface area (Å²) >= 11 is 3.45. The second kappa shape index (κ2) is 16.0. The smallest absolute Gasteiger partial charge is 0.251 e. The van der Waals surface area contributed by atoms with E-state index in [1.165, 1.54) is 11.9 Å². The average Bonchev–Trinajstić information content (AvgIpc) is 4.10. The highest BCUT2D eigenvalue weighted by atomic mass is 79.9. The minimum absolute atomic E-state index is 0.00218. The molecule has 8 heterocycles. The Morgan fingerprint density at radius 2 is 1.51 bits per heavy atom. The highest BCUT2D eigenvalue weighted by molar-refractivity contribution is 9.10. The number of anilines is 2. The van der Waals surface area contributed by atoms with Crippen molar-refractivity contribution < 1.29 is 14.4 Å². The molecule has 0 aliphatic carbocycles. The predicted molar refractivity (Wildman–Crippen MR) is 248 cm³/mol. The maximum atomic E-state index is 13.6. The molecule has 2 saturated heterocycles. The lowest BCUT2D eigenvalue weighted by Gasteiger charge is -2.47. The number of aryl methyl sites for hydroxylation is 1. The molecule has 8 aromatic rings. The number of hydrogen-bond acceptors (Lipinski definition) is 10. The van der Waals surface area contributed by atoms with E-state index in [1.807, 2.05) is 113 Å². The minimum Gasteiger partial charge on any atom is -0.353 e. The number of benzene rings is 3. The van der Waals surface area contributed by atoms with Crippen LogP contribution >= 0.6 is 15.9 Å². The lowest BCUT2D eigenvalue weighted by molar-refractivity contribution is -0.131. The van der Waals surface area contributed by atoms with Crippen LogP contribution in [0.1, 0.15) is 45.4 Å². The molecule has 11 rings (SSSR count). The van der Waals surface area contributed by atoms with Crippen LogP contribution < -0.4 is 25.8 Å². The van der Waals surface area contributed by atoms with Crippen molar-refractivity contribution in [1.29, 1.82) is 0 Å². The van der Waals surface area contributed by atoms with E-state index in [0.717, 1.165) is 66.1 Å². The number of halogens is 1. The van der Waals surface area contributed by atoms with Crippen molar-refractivity contribution in [2.24, 2.45) is 11.3 Å². The first-order valence-corrected chi connectivity index (χ1v) is 22.3. The molecule has 0 unspecified atom stereocenters. The molecule has 326 valence electrons. The lowest BCUT2D eigenvalue weighted by Crippen LogP contribution is -2.62. The van der Waals surface area contributed by atoms with E-state index in [9.17, 15) is 14.4 Å². The summed E-state index contributed by atoms with van der Waals surface area (Å²) in [5, 5.41) is 23.3. The van der Waals surface area contributed by atoms with E-state index in [4.69, 9.17) is 15.2 Å². The second-order valence-electron chi connectivity index (χ2n) is 17.6. The van der Waals surface area contributed by atoms with Gasteiger partial charge in [-0.1, -0.05) is 64.0 Å². The zero-order chi connectivity index (χ0) is 44.4. The van der Waals surface area contributed by atoms with Crippen LogP contribution in [0.3, 0.4) is 0 Å². The maximum absolute atomic E-state index is 13.6. The molecule has 5 aromatic heterocycles. The molecular formula is C48H44BrN13O3.